The van der Waals surface area contributed by atoms with E-state index in [1.54, 1.807) is 18.2 Å². The summed E-state index contributed by atoms with van der Waals surface area (Å²) in [4.78, 5) is 29.8. The second kappa shape index (κ2) is 11.0. The second-order valence-electron chi connectivity index (χ2n) is 8.12. The first-order chi connectivity index (χ1) is 15.0. The molecule has 0 spiro atoms. The Kier molecular flexibility index (Phi) is 8.18. The van der Waals surface area contributed by atoms with E-state index in [0.29, 0.717) is 44.5 Å². The van der Waals surface area contributed by atoms with Crippen molar-refractivity contribution in [3.63, 3.8) is 0 Å². The molecule has 1 fully saturated rings. The van der Waals surface area contributed by atoms with Gasteiger partial charge in [-0.3, -0.25) is 14.5 Å². The van der Waals surface area contributed by atoms with Crippen LogP contribution in [0.3, 0.4) is 0 Å². The molecule has 1 heterocycles. The molecular weight excluding hydrogens is 393 g/mol. The van der Waals surface area contributed by atoms with Gasteiger partial charge < -0.3 is 10.2 Å². The molecular formula is C25H32FN3O2. The standard InChI is InChI=1S/C25H32FN3O2/c1-3-28(2)23(20-10-5-4-6-11-20)25(31)29-17-14-21(15-18-29)24(30)27-16-13-19-9-7-8-12-22(19)26/h4-12,21,23H,3,13-18H2,1-2H3,(H,27,30). The normalized spacial score (nSPS) is 15.7. The molecule has 0 radical (unpaired) electrons. The van der Waals surface area contributed by atoms with Crippen molar-refractivity contribution in [2.24, 2.45) is 5.92 Å². The first-order valence-electron chi connectivity index (χ1n) is 11.1. The van der Waals surface area contributed by atoms with E-state index < -0.39 is 0 Å². The predicted octanol–water partition coefficient (Wildman–Crippen LogP) is 3.42. The van der Waals surface area contributed by atoms with Gasteiger partial charge in [-0.05, 0) is 50.0 Å². The summed E-state index contributed by atoms with van der Waals surface area (Å²) >= 11 is 0. The van der Waals surface area contributed by atoms with Crippen molar-refractivity contribution in [1.29, 1.82) is 0 Å². The number of halogens is 1. The zero-order valence-corrected chi connectivity index (χ0v) is 18.4. The van der Waals surface area contributed by atoms with Gasteiger partial charge in [0.15, 0.2) is 0 Å². The monoisotopic (exact) mass is 425 g/mol. The largest absolute Gasteiger partial charge is 0.356 e. The Labute approximate surface area is 184 Å². The second-order valence-corrected chi connectivity index (χ2v) is 8.12. The number of carbonyl (C=O) groups excluding carboxylic acids is 2. The molecule has 1 N–H and O–H groups in total. The van der Waals surface area contributed by atoms with Gasteiger partial charge in [-0.1, -0.05) is 55.5 Å². The van der Waals surface area contributed by atoms with Crippen LogP contribution in [0.1, 0.15) is 36.9 Å². The molecule has 6 heteroatoms. The minimum absolute atomic E-state index is 0.00581. The Bertz CT molecular complexity index is 866. The maximum atomic E-state index is 13.7. The molecule has 1 unspecified atom stereocenters. The summed E-state index contributed by atoms with van der Waals surface area (Å²) in [6, 6.07) is 16.2. The number of rotatable bonds is 8. The minimum atomic E-state index is -0.308. The number of carbonyl (C=O) groups is 2. The number of piperidine rings is 1. The van der Waals surface area contributed by atoms with E-state index in [1.807, 2.05) is 49.2 Å². The van der Waals surface area contributed by atoms with Crippen molar-refractivity contribution in [2.75, 3.05) is 33.2 Å². The highest BCUT2D eigenvalue weighted by atomic mass is 19.1. The number of nitrogens with zero attached hydrogens (tertiary/aromatic N) is 2. The molecule has 1 saturated heterocycles. The van der Waals surface area contributed by atoms with Crippen LogP contribution in [0.2, 0.25) is 0 Å². The van der Waals surface area contributed by atoms with Crippen LogP contribution in [-0.2, 0) is 16.0 Å². The average Bonchev–Trinajstić information content (AvgIpc) is 2.81. The molecule has 1 aliphatic heterocycles. The molecule has 0 aromatic heterocycles. The Morgan fingerprint density at radius 3 is 2.39 bits per heavy atom. The molecule has 0 aliphatic carbocycles. The molecule has 166 valence electrons. The Balaban J connectivity index is 1.51. The van der Waals surface area contributed by atoms with Crippen molar-refractivity contribution < 1.29 is 14.0 Å². The van der Waals surface area contributed by atoms with Crippen LogP contribution in [0.15, 0.2) is 54.6 Å². The first-order valence-corrected chi connectivity index (χ1v) is 11.1. The molecule has 0 bridgehead atoms. The van der Waals surface area contributed by atoms with Gasteiger partial charge in [0, 0.05) is 25.6 Å². The van der Waals surface area contributed by atoms with Gasteiger partial charge in [-0.15, -0.1) is 0 Å². The zero-order valence-electron chi connectivity index (χ0n) is 18.4. The van der Waals surface area contributed by atoms with E-state index >= 15 is 0 Å². The number of likely N-dealkylation sites (tertiary alicyclic amines) is 1. The number of likely N-dealkylation sites (N-methyl/N-ethyl adjacent to an activating group) is 1. The Morgan fingerprint density at radius 1 is 1.10 bits per heavy atom. The lowest BCUT2D eigenvalue weighted by Gasteiger charge is -2.36. The first kappa shape index (κ1) is 22.9. The SMILES string of the molecule is CCN(C)C(C(=O)N1CCC(C(=O)NCCc2ccccc2F)CC1)c1ccccc1. The van der Waals surface area contributed by atoms with Gasteiger partial charge in [0.05, 0.1) is 0 Å². The van der Waals surface area contributed by atoms with Gasteiger partial charge in [0.25, 0.3) is 0 Å². The lowest BCUT2D eigenvalue weighted by atomic mass is 9.94. The van der Waals surface area contributed by atoms with Crippen LogP contribution < -0.4 is 5.32 Å². The van der Waals surface area contributed by atoms with Crippen molar-refractivity contribution in [3.8, 4) is 0 Å². The van der Waals surface area contributed by atoms with E-state index in [4.69, 9.17) is 0 Å². The van der Waals surface area contributed by atoms with Crippen molar-refractivity contribution >= 4 is 11.8 Å². The van der Waals surface area contributed by atoms with Gasteiger partial charge in [0.2, 0.25) is 11.8 Å². The lowest BCUT2D eigenvalue weighted by molar-refractivity contribution is -0.140. The van der Waals surface area contributed by atoms with Crippen LogP contribution >= 0.6 is 0 Å². The summed E-state index contributed by atoms with van der Waals surface area (Å²) < 4.78 is 13.7. The Morgan fingerprint density at radius 2 is 1.74 bits per heavy atom. The van der Waals surface area contributed by atoms with Crippen molar-refractivity contribution in [2.45, 2.75) is 32.2 Å². The smallest absolute Gasteiger partial charge is 0.244 e. The molecule has 2 aromatic rings. The van der Waals surface area contributed by atoms with Crippen LogP contribution in [0.4, 0.5) is 4.39 Å². The molecule has 1 aliphatic rings. The fraction of sp³-hybridized carbons (Fsp3) is 0.440. The van der Waals surface area contributed by atoms with Crippen molar-refractivity contribution in [3.05, 3.63) is 71.5 Å². The lowest BCUT2D eigenvalue weighted by Crippen LogP contribution is -2.47. The zero-order chi connectivity index (χ0) is 22.2. The van der Waals surface area contributed by atoms with E-state index in [0.717, 1.165) is 12.1 Å². The van der Waals surface area contributed by atoms with Gasteiger partial charge in [-0.2, -0.15) is 0 Å². The van der Waals surface area contributed by atoms with Crippen LogP contribution in [-0.4, -0.2) is 54.8 Å². The third-order valence-corrected chi connectivity index (χ3v) is 6.12. The minimum Gasteiger partial charge on any atom is -0.356 e. The highest BCUT2D eigenvalue weighted by Gasteiger charge is 2.33. The molecule has 3 rings (SSSR count). The number of hydrogen-bond donors (Lipinski definition) is 1. The summed E-state index contributed by atoms with van der Waals surface area (Å²) in [6.45, 7) is 4.37. The molecule has 1 atom stereocenters. The van der Waals surface area contributed by atoms with Gasteiger partial charge >= 0.3 is 0 Å². The topological polar surface area (TPSA) is 52.7 Å². The molecule has 0 saturated carbocycles. The predicted molar refractivity (Wildman–Crippen MR) is 120 cm³/mol. The summed E-state index contributed by atoms with van der Waals surface area (Å²) in [7, 11) is 1.96. The summed E-state index contributed by atoms with van der Waals surface area (Å²) in [5.74, 6) is -0.264. The van der Waals surface area contributed by atoms with Crippen LogP contribution in [0, 0.1) is 11.7 Å². The van der Waals surface area contributed by atoms with Crippen molar-refractivity contribution in [1.82, 2.24) is 15.1 Å². The number of amides is 2. The number of hydrogen-bond acceptors (Lipinski definition) is 3. The number of nitrogens with one attached hydrogen (secondary N) is 1. The van der Waals surface area contributed by atoms with Crippen LogP contribution in [0.5, 0.6) is 0 Å². The van der Waals surface area contributed by atoms with E-state index in [1.165, 1.54) is 6.07 Å². The summed E-state index contributed by atoms with van der Waals surface area (Å²) in [5.41, 5.74) is 1.60. The fourth-order valence-electron chi connectivity index (χ4n) is 4.10. The highest BCUT2D eigenvalue weighted by molar-refractivity contribution is 5.84. The summed E-state index contributed by atoms with van der Waals surface area (Å²) in [5, 5.41) is 2.93. The van der Waals surface area contributed by atoms with E-state index in [-0.39, 0.29) is 29.6 Å². The van der Waals surface area contributed by atoms with Gasteiger partial charge in [-0.25, -0.2) is 4.39 Å². The van der Waals surface area contributed by atoms with Gasteiger partial charge in [0.1, 0.15) is 11.9 Å². The molecule has 2 amide bonds. The summed E-state index contributed by atoms with van der Waals surface area (Å²) in [6.07, 6.45) is 1.76. The number of benzene rings is 2. The molecule has 31 heavy (non-hydrogen) atoms. The third kappa shape index (κ3) is 5.91. The van der Waals surface area contributed by atoms with Crippen LogP contribution in [0.25, 0.3) is 0 Å². The van der Waals surface area contributed by atoms with E-state index in [9.17, 15) is 14.0 Å². The molecule has 5 nitrogen and oxygen atoms in total. The average molecular weight is 426 g/mol. The quantitative estimate of drug-likeness (QED) is 0.705. The maximum absolute atomic E-state index is 13.7. The highest BCUT2D eigenvalue weighted by Crippen LogP contribution is 2.25. The fourth-order valence-corrected chi connectivity index (χ4v) is 4.10. The van der Waals surface area contributed by atoms with E-state index in [2.05, 4.69) is 10.2 Å². The Hall–Kier alpha value is -2.73. The third-order valence-electron chi connectivity index (χ3n) is 6.12. The molecule has 2 aromatic carbocycles. The maximum Gasteiger partial charge on any atom is 0.244 e.